The number of fused-ring (bicyclic) bond motifs is 1. The molecule has 0 saturated heterocycles. The molecular weight excluding hydrogens is 210 g/mol. The van der Waals surface area contributed by atoms with Crippen LogP contribution in [-0.2, 0) is 11.3 Å². The van der Waals surface area contributed by atoms with Crippen LogP contribution in [0.1, 0.15) is 15.9 Å². The number of ether oxygens (including phenoxy) is 1. The first kappa shape index (κ1) is 10.1. The molecule has 0 spiro atoms. The fourth-order valence-electron chi connectivity index (χ4n) is 1.48. The third kappa shape index (κ3) is 1.73. The van der Waals surface area contributed by atoms with Crippen LogP contribution in [0.3, 0.4) is 0 Å². The van der Waals surface area contributed by atoms with E-state index in [0.29, 0.717) is 12.1 Å². The summed E-state index contributed by atoms with van der Waals surface area (Å²) >= 11 is 1.63. The SMILES string of the molecule is COC(=O)c1ccc2scc(CN)c2c1. The maximum atomic E-state index is 11.3. The van der Waals surface area contributed by atoms with Crippen LogP contribution in [0.2, 0.25) is 0 Å². The van der Waals surface area contributed by atoms with Crippen molar-refractivity contribution in [1.29, 1.82) is 0 Å². The standard InChI is InChI=1S/C11H11NO2S/c1-14-11(13)7-2-3-10-9(4-7)8(5-12)6-15-10/h2-4,6H,5,12H2,1H3. The lowest BCUT2D eigenvalue weighted by atomic mass is 10.1. The molecule has 0 aliphatic rings. The minimum atomic E-state index is -0.314. The largest absolute Gasteiger partial charge is 0.465 e. The summed E-state index contributed by atoms with van der Waals surface area (Å²) in [7, 11) is 1.38. The summed E-state index contributed by atoms with van der Waals surface area (Å²) in [6.07, 6.45) is 0. The topological polar surface area (TPSA) is 52.3 Å². The molecule has 2 aromatic rings. The van der Waals surface area contributed by atoms with Crippen LogP contribution >= 0.6 is 11.3 Å². The Kier molecular flexibility index (Phi) is 2.70. The second-order valence-electron chi connectivity index (χ2n) is 3.17. The molecule has 3 nitrogen and oxygen atoms in total. The minimum Gasteiger partial charge on any atom is -0.465 e. The van der Waals surface area contributed by atoms with Gasteiger partial charge in [0.25, 0.3) is 0 Å². The zero-order valence-corrected chi connectivity index (χ0v) is 9.14. The first-order chi connectivity index (χ1) is 7.26. The number of thiophene rings is 1. The van der Waals surface area contributed by atoms with Crippen LogP contribution in [0.15, 0.2) is 23.6 Å². The summed E-state index contributed by atoms with van der Waals surface area (Å²) in [6, 6.07) is 5.52. The van der Waals surface area contributed by atoms with Gasteiger partial charge in [0.2, 0.25) is 0 Å². The van der Waals surface area contributed by atoms with Gasteiger partial charge in [-0.05, 0) is 34.5 Å². The van der Waals surface area contributed by atoms with E-state index in [1.807, 2.05) is 17.5 Å². The Hall–Kier alpha value is -1.39. The molecule has 0 atom stereocenters. The first-order valence-electron chi connectivity index (χ1n) is 4.54. The van der Waals surface area contributed by atoms with Crippen LogP contribution in [0.25, 0.3) is 10.1 Å². The van der Waals surface area contributed by atoms with Crippen LogP contribution < -0.4 is 5.73 Å². The number of rotatable bonds is 2. The van der Waals surface area contributed by atoms with Crippen molar-refractivity contribution in [3.05, 3.63) is 34.7 Å². The van der Waals surface area contributed by atoms with Gasteiger partial charge in [-0.25, -0.2) is 4.79 Å². The highest BCUT2D eigenvalue weighted by atomic mass is 32.1. The van der Waals surface area contributed by atoms with Crippen LogP contribution in [0, 0.1) is 0 Å². The minimum absolute atomic E-state index is 0.314. The maximum Gasteiger partial charge on any atom is 0.337 e. The van der Waals surface area contributed by atoms with Crippen molar-refractivity contribution in [2.24, 2.45) is 5.73 Å². The molecule has 1 aromatic heterocycles. The normalized spacial score (nSPS) is 10.5. The second-order valence-corrected chi connectivity index (χ2v) is 4.08. The van der Waals surface area contributed by atoms with E-state index in [1.165, 1.54) is 7.11 Å². The highest BCUT2D eigenvalue weighted by molar-refractivity contribution is 7.17. The number of benzene rings is 1. The molecule has 0 amide bonds. The van der Waals surface area contributed by atoms with Gasteiger partial charge in [0, 0.05) is 11.2 Å². The molecule has 0 fully saturated rings. The molecule has 0 aliphatic carbocycles. The lowest BCUT2D eigenvalue weighted by Crippen LogP contribution is -2.01. The summed E-state index contributed by atoms with van der Waals surface area (Å²) < 4.78 is 5.81. The van der Waals surface area contributed by atoms with Crippen molar-refractivity contribution in [1.82, 2.24) is 0 Å². The molecule has 78 valence electrons. The van der Waals surface area contributed by atoms with E-state index in [2.05, 4.69) is 4.74 Å². The zero-order valence-electron chi connectivity index (χ0n) is 8.32. The average Bonchev–Trinajstić information content (AvgIpc) is 2.69. The van der Waals surface area contributed by atoms with E-state index < -0.39 is 0 Å². The Bertz CT molecular complexity index is 504. The summed E-state index contributed by atoms with van der Waals surface area (Å²) in [5.41, 5.74) is 7.25. The smallest absolute Gasteiger partial charge is 0.337 e. The third-order valence-electron chi connectivity index (χ3n) is 2.29. The number of carbonyl (C=O) groups excluding carboxylic acids is 1. The maximum absolute atomic E-state index is 11.3. The molecule has 4 heteroatoms. The number of methoxy groups -OCH3 is 1. The number of hydrogen-bond donors (Lipinski definition) is 1. The first-order valence-corrected chi connectivity index (χ1v) is 5.42. The quantitative estimate of drug-likeness (QED) is 0.790. The molecule has 0 bridgehead atoms. The molecule has 0 aliphatic heterocycles. The van der Waals surface area contributed by atoms with Gasteiger partial charge in [0.05, 0.1) is 12.7 Å². The van der Waals surface area contributed by atoms with Crippen molar-refractivity contribution in [3.8, 4) is 0 Å². The van der Waals surface area contributed by atoms with Crippen molar-refractivity contribution in [3.63, 3.8) is 0 Å². The van der Waals surface area contributed by atoms with Crippen molar-refractivity contribution in [2.75, 3.05) is 7.11 Å². The van der Waals surface area contributed by atoms with Gasteiger partial charge in [-0.3, -0.25) is 0 Å². The predicted molar refractivity (Wildman–Crippen MR) is 61.1 cm³/mol. The van der Waals surface area contributed by atoms with Crippen molar-refractivity contribution < 1.29 is 9.53 Å². The van der Waals surface area contributed by atoms with E-state index in [9.17, 15) is 4.79 Å². The number of nitrogens with two attached hydrogens (primary N) is 1. The summed E-state index contributed by atoms with van der Waals surface area (Å²) in [6.45, 7) is 0.491. The third-order valence-corrected chi connectivity index (χ3v) is 3.31. The van der Waals surface area contributed by atoms with E-state index >= 15 is 0 Å². The highest BCUT2D eigenvalue weighted by Crippen LogP contribution is 2.26. The van der Waals surface area contributed by atoms with Gasteiger partial charge < -0.3 is 10.5 Å². The molecule has 2 rings (SSSR count). The highest BCUT2D eigenvalue weighted by Gasteiger charge is 2.08. The summed E-state index contributed by atoms with van der Waals surface area (Å²) in [5, 5.41) is 3.07. The molecule has 1 heterocycles. The van der Waals surface area contributed by atoms with Crippen LogP contribution in [0.4, 0.5) is 0 Å². The van der Waals surface area contributed by atoms with E-state index in [1.54, 1.807) is 17.4 Å². The fourth-order valence-corrected chi connectivity index (χ4v) is 2.44. The molecule has 1 aromatic carbocycles. The Balaban J connectivity index is 2.57. The molecule has 0 saturated carbocycles. The van der Waals surface area contributed by atoms with E-state index in [-0.39, 0.29) is 5.97 Å². The Morgan fingerprint density at radius 3 is 3.00 bits per heavy atom. The molecule has 2 N–H and O–H groups in total. The molecule has 15 heavy (non-hydrogen) atoms. The summed E-state index contributed by atoms with van der Waals surface area (Å²) in [4.78, 5) is 11.3. The number of hydrogen-bond acceptors (Lipinski definition) is 4. The van der Waals surface area contributed by atoms with Gasteiger partial charge in [0.15, 0.2) is 0 Å². The van der Waals surface area contributed by atoms with Crippen molar-refractivity contribution >= 4 is 27.4 Å². The monoisotopic (exact) mass is 221 g/mol. The number of esters is 1. The molecule has 0 radical (unpaired) electrons. The lowest BCUT2D eigenvalue weighted by Gasteiger charge is -2.00. The van der Waals surface area contributed by atoms with Gasteiger partial charge in [-0.2, -0.15) is 0 Å². The molecule has 0 unspecified atom stereocenters. The Morgan fingerprint density at radius 1 is 1.53 bits per heavy atom. The van der Waals surface area contributed by atoms with Gasteiger partial charge in [0.1, 0.15) is 0 Å². The predicted octanol–water partition coefficient (Wildman–Crippen LogP) is 2.15. The zero-order chi connectivity index (χ0) is 10.8. The lowest BCUT2D eigenvalue weighted by molar-refractivity contribution is 0.0601. The summed E-state index contributed by atoms with van der Waals surface area (Å²) in [5.74, 6) is -0.314. The van der Waals surface area contributed by atoms with E-state index in [0.717, 1.165) is 15.6 Å². The Morgan fingerprint density at radius 2 is 2.33 bits per heavy atom. The van der Waals surface area contributed by atoms with Crippen LogP contribution in [0.5, 0.6) is 0 Å². The van der Waals surface area contributed by atoms with Gasteiger partial charge in [-0.1, -0.05) is 0 Å². The number of carbonyl (C=O) groups is 1. The Labute approximate surface area is 91.5 Å². The average molecular weight is 221 g/mol. The fraction of sp³-hybridized carbons (Fsp3) is 0.182. The second kappa shape index (κ2) is 4.00. The van der Waals surface area contributed by atoms with E-state index in [4.69, 9.17) is 5.73 Å². The van der Waals surface area contributed by atoms with Crippen LogP contribution in [-0.4, -0.2) is 13.1 Å². The van der Waals surface area contributed by atoms with Gasteiger partial charge in [-0.15, -0.1) is 11.3 Å². The molecular formula is C11H11NO2S. The van der Waals surface area contributed by atoms with Crippen molar-refractivity contribution in [2.45, 2.75) is 6.54 Å². The van der Waals surface area contributed by atoms with Gasteiger partial charge >= 0.3 is 5.97 Å².